The number of halogens is 2. The van der Waals surface area contributed by atoms with Gasteiger partial charge >= 0.3 is 0 Å². The summed E-state index contributed by atoms with van der Waals surface area (Å²) in [4.78, 5) is 11.0. The van der Waals surface area contributed by atoms with Crippen LogP contribution in [0.1, 0.15) is 30.0 Å². The molecular weight excluding hydrogens is 369 g/mol. The van der Waals surface area contributed by atoms with Gasteiger partial charge in [-0.3, -0.25) is 4.79 Å². The smallest absolute Gasteiger partial charge is 0.185 e. The van der Waals surface area contributed by atoms with Crippen molar-refractivity contribution in [2.24, 2.45) is 0 Å². The second-order valence-corrected chi connectivity index (χ2v) is 7.53. The number of hydrogen-bond donors (Lipinski definition) is 2. The lowest BCUT2D eigenvalue weighted by molar-refractivity contribution is -0.109. The summed E-state index contributed by atoms with van der Waals surface area (Å²) in [5.74, 6) is 0.137. The van der Waals surface area contributed by atoms with Gasteiger partial charge in [-0.25, -0.2) is 0 Å². The molecule has 0 saturated heterocycles. The third-order valence-corrected chi connectivity index (χ3v) is 5.51. The highest BCUT2D eigenvalue weighted by Gasteiger charge is 2.24. The van der Waals surface area contributed by atoms with Gasteiger partial charge in [0.2, 0.25) is 0 Å². The van der Waals surface area contributed by atoms with Crippen LogP contribution in [0.3, 0.4) is 0 Å². The molecule has 0 amide bonds. The van der Waals surface area contributed by atoms with Crippen molar-refractivity contribution in [3.05, 3.63) is 51.3 Å². The Morgan fingerprint density at radius 1 is 1.29 bits per heavy atom. The fourth-order valence-corrected chi connectivity index (χ4v) is 3.59. The second-order valence-electron chi connectivity index (χ2n) is 5.55. The predicted octanol–water partition coefficient (Wildman–Crippen LogP) is 4.07. The predicted molar refractivity (Wildman–Crippen MR) is 99.4 cm³/mol. The van der Waals surface area contributed by atoms with Crippen LogP contribution in [0.4, 0.5) is 0 Å². The van der Waals surface area contributed by atoms with E-state index in [4.69, 9.17) is 23.2 Å². The summed E-state index contributed by atoms with van der Waals surface area (Å²) < 4.78 is 1.89. The molecule has 0 radical (unpaired) electrons. The maximum absolute atomic E-state index is 11.0. The zero-order chi connectivity index (χ0) is 18.0. The minimum absolute atomic E-state index is 0.0996. The highest BCUT2D eigenvalue weighted by molar-refractivity contribution is 8.13. The lowest BCUT2D eigenvalue weighted by Crippen LogP contribution is -2.22. The molecule has 1 aromatic carbocycles. The third-order valence-electron chi connectivity index (χ3n) is 3.78. The molecule has 0 spiro atoms. The van der Waals surface area contributed by atoms with E-state index in [1.54, 1.807) is 18.2 Å². The van der Waals surface area contributed by atoms with Crippen molar-refractivity contribution >= 4 is 40.1 Å². The molecule has 2 N–H and O–H groups in total. The Morgan fingerprint density at radius 3 is 2.58 bits per heavy atom. The van der Waals surface area contributed by atoms with Crippen molar-refractivity contribution in [1.29, 1.82) is 0 Å². The third kappa shape index (κ3) is 3.98. The average Bonchev–Trinajstić information content (AvgIpc) is 2.82. The summed E-state index contributed by atoms with van der Waals surface area (Å²) in [5, 5.41) is 21.4. The molecule has 24 heavy (non-hydrogen) atoms. The van der Waals surface area contributed by atoms with Crippen LogP contribution >= 0.6 is 35.0 Å². The van der Waals surface area contributed by atoms with E-state index in [1.165, 1.54) is 6.92 Å². The van der Waals surface area contributed by atoms with Crippen LogP contribution in [-0.2, 0) is 4.79 Å². The van der Waals surface area contributed by atoms with Crippen LogP contribution < -0.4 is 0 Å². The number of rotatable bonds is 5. The Kier molecular flexibility index (Phi) is 6.39. The molecule has 2 aromatic rings. The van der Waals surface area contributed by atoms with Gasteiger partial charge in [0.15, 0.2) is 5.12 Å². The summed E-state index contributed by atoms with van der Waals surface area (Å²) in [7, 11) is 0. The van der Waals surface area contributed by atoms with Gasteiger partial charge in [-0.05, 0) is 32.0 Å². The van der Waals surface area contributed by atoms with E-state index >= 15 is 0 Å². The van der Waals surface area contributed by atoms with E-state index in [1.807, 2.05) is 24.5 Å². The lowest BCUT2D eigenvalue weighted by atomic mass is 10.1. The second kappa shape index (κ2) is 7.93. The zero-order valence-corrected chi connectivity index (χ0v) is 15.9. The summed E-state index contributed by atoms with van der Waals surface area (Å²) in [5.41, 5.74) is 2.93. The van der Waals surface area contributed by atoms with Crippen LogP contribution in [-0.4, -0.2) is 31.8 Å². The molecule has 2 rings (SSSR count). The monoisotopic (exact) mass is 387 g/mol. The average molecular weight is 388 g/mol. The first-order valence-corrected chi connectivity index (χ1v) is 9.11. The number of aryl methyl sites for hydroxylation is 1. The van der Waals surface area contributed by atoms with Crippen molar-refractivity contribution in [3.8, 4) is 5.69 Å². The molecule has 0 bridgehead atoms. The summed E-state index contributed by atoms with van der Waals surface area (Å²) in [6.45, 7) is 5.15. The van der Waals surface area contributed by atoms with Crippen LogP contribution in [0.15, 0.2) is 24.3 Å². The molecular formula is C17H19Cl2NO3S. The summed E-state index contributed by atoms with van der Waals surface area (Å²) in [6.07, 6.45) is -2.13. The number of nitrogens with zero attached hydrogens (tertiary/aromatic N) is 1. The quantitative estimate of drug-likeness (QED) is 0.811. The molecule has 0 saturated carbocycles. The van der Waals surface area contributed by atoms with Gasteiger partial charge in [-0.15, -0.1) is 0 Å². The number of aromatic nitrogens is 1. The number of benzene rings is 1. The van der Waals surface area contributed by atoms with E-state index in [0.717, 1.165) is 23.1 Å². The van der Waals surface area contributed by atoms with Gasteiger partial charge in [-0.2, -0.15) is 0 Å². The van der Waals surface area contributed by atoms with Gasteiger partial charge in [0, 0.05) is 29.6 Å². The minimum atomic E-state index is -1.09. The van der Waals surface area contributed by atoms with E-state index < -0.39 is 12.2 Å². The molecule has 0 fully saturated rings. The number of thioether (sulfide) groups is 1. The Morgan fingerprint density at radius 2 is 1.96 bits per heavy atom. The Hall–Kier alpha value is -0.980. The number of aliphatic hydroxyl groups excluding tert-OH is 2. The highest BCUT2D eigenvalue weighted by Crippen LogP contribution is 2.34. The Bertz CT molecular complexity index is 761. The normalized spacial score (nSPS) is 13.8. The fourth-order valence-electron chi connectivity index (χ4n) is 2.62. The highest BCUT2D eigenvalue weighted by atomic mass is 35.5. The Labute approximate surface area is 155 Å². The fraction of sp³-hybridized carbons (Fsp3) is 0.353. The van der Waals surface area contributed by atoms with Crippen LogP contribution in [0.5, 0.6) is 0 Å². The molecule has 0 aliphatic rings. The summed E-state index contributed by atoms with van der Waals surface area (Å²) >= 11 is 13.4. The van der Waals surface area contributed by atoms with E-state index in [9.17, 15) is 15.0 Å². The van der Waals surface area contributed by atoms with E-state index in [0.29, 0.717) is 21.3 Å². The topological polar surface area (TPSA) is 62.5 Å². The molecule has 4 nitrogen and oxygen atoms in total. The SMILES string of the molecule is CC(=O)SCC(O)C(O)c1cc(C)n(-c2cccc(Cl)c2Cl)c1C. The van der Waals surface area contributed by atoms with Crippen LogP contribution in [0, 0.1) is 13.8 Å². The maximum Gasteiger partial charge on any atom is 0.185 e. The molecule has 0 aliphatic carbocycles. The largest absolute Gasteiger partial charge is 0.389 e. The number of carbonyl (C=O) groups excluding carboxylic acids is 1. The Balaban J connectivity index is 2.38. The van der Waals surface area contributed by atoms with Gasteiger partial charge in [0.25, 0.3) is 0 Å². The van der Waals surface area contributed by atoms with Gasteiger partial charge in [0.1, 0.15) is 6.10 Å². The zero-order valence-electron chi connectivity index (χ0n) is 13.6. The number of carbonyl (C=O) groups is 1. The lowest BCUT2D eigenvalue weighted by Gasteiger charge is -2.18. The molecule has 1 aromatic heterocycles. The minimum Gasteiger partial charge on any atom is -0.389 e. The standard InChI is InChI=1S/C17H19Cl2NO3S/c1-9-7-12(17(23)15(22)8-24-11(3)21)10(2)20(9)14-6-4-5-13(18)16(14)19/h4-7,15,17,22-23H,8H2,1-3H3. The molecule has 1 heterocycles. The first-order valence-electron chi connectivity index (χ1n) is 7.36. The van der Waals surface area contributed by atoms with E-state index in [-0.39, 0.29) is 10.9 Å². The van der Waals surface area contributed by atoms with E-state index in [2.05, 4.69) is 0 Å². The van der Waals surface area contributed by atoms with Gasteiger partial charge < -0.3 is 14.8 Å². The van der Waals surface area contributed by atoms with Crippen molar-refractivity contribution < 1.29 is 15.0 Å². The number of aliphatic hydroxyl groups is 2. The molecule has 0 aliphatic heterocycles. The van der Waals surface area contributed by atoms with Crippen molar-refractivity contribution in [2.45, 2.75) is 33.0 Å². The van der Waals surface area contributed by atoms with Crippen molar-refractivity contribution in [1.82, 2.24) is 4.57 Å². The summed E-state index contributed by atoms with van der Waals surface area (Å²) in [6, 6.07) is 7.15. The molecule has 7 heteroatoms. The first-order chi connectivity index (χ1) is 11.2. The van der Waals surface area contributed by atoms with Crippen molar-refractivity contribution in [3.63, 3.8) is 0 Å². The molecule has 2 atom stereocenters. The molecule has 2 unspecified atom stereocenters. The van der Waals surface area contributed by atoms with Gasteiger partial charge in [0.05, 0.1) is 21.8 Å². The molecule has 130 valence electrons. The maximum atomic E-state index is 11.0. The van der Waals surface area contributed by atoms with Crippen molar-refractivity contribution in [2.75, 3.05) is 5.75 Å². The first kappa shape index (κ1) is 19.3. The van der Waals surface area contributed by atoms with Gasteiger partial charge in [-0.1, -0.05) is 41.0 Å². The van der Waals surface area contributed by atoms with Crippen LogP contribution in [0.25, 0.3) is 5.69 Å². The van der Waals surface area contributed by atoms with Crippen LogP contribution in [0.2, 0.25) is 10.0 Å². The number of hydrogen-bond acceptors (Lipinski definition) is 4.